The summed E-state index contributed by atoms with van der Waals surface area (Å²) in [5.74, 6) is 0.668. The number of alkyl halides is 3. The number of hydrogen-bond acceptors (Lipinski definition) is 3. The van der Waals surface area contributed by atoms with Gasteiger partial charge in [0.05, 0.1) is 25.3 Å². The average molecular weight is 489 g/mol. The van der Waals surface area contributed by atoms with Gasteiger partial charge >= 0.3 is 6.18 Å². The smallest absolute Gasteiger partial charge is 0.416 e. The molecule has 0 aliphatic carbocycles. The van der Waals surface area contributed by atoms with Crippen molar-refractivity contribution in [2.24, 2.45) is 5.73 Å². The molecule has 188 valence electrons. The Morgan fingerprint density at radius 3 is 2.20 bits per heavy atom. The summed E-state index contributed by atoms with van der Waals surface area (Å²) in [7, 11) is 3.16. The lowest BCUT2D eigenvalue weighted by molar-refractivity contribution is -0.137. The minimum absolute atomic E-state index is 0.350. The Hall–Kier alpha value is -3.42. The predicted octanol–water partition coefficient (Wildman–Crippen LogP) is 6.18. The van der Waals surface area contributed by atoms with E-state index in [1.807, 2.05) is 25.1 Å². The fraction of sp³-hybridized carbons (Fsp3) is 0.370. The molecule has 0 aliphatic heterocycles. The summed E-state index contributed by atoms with van der Waals surface area (Å²) in [5, 5.41) is 0. The van der Waals surface area contributed by atoms with Gasteiger partial charge < -0.3 is 19.8 Å². The molecule has 0 atom stereocenters. The third kappa shape index (κ3) is 5.63. The number of ether oxygens (including phenoxy) is 2. The molecule has 0 spiro atoms. The van der Waals surface area contributed by atoms with Gasteiger partial charge in [-0.3, -0.25) is 4.79 Å². The van der Waals surface area contributed by atoms with Gasteiger partial charge in [-0.15, -0.1) is 0 Å². The van der Waals surface area contributed by atoms with Gasteiger partial charge in [0.1, 0.15) is 0 Å². The van der Waals surface area contributed by atoms with Gasteiger partial charge in [-0.25, -0.2) is 0 Å². The predicted molar refractivity (Wildman–Crippen MR) is 130 cm³/mol. The van der Waals surface area contributed by atoms with E-state index < -0.39 is 17.6 Å². The molecule has 0 unspecified atom stereocenters. The quantitative estimate of drug-likeness (QED) is 0.370. The van der Waals surface area contributed by atoms with Crippen molar-refractivity contribution in [3.05, 3.63) is 70.5 Å². The monoisotopic (exact) mass is 488 g/mol. The number of primary amides is 1. The highest BCUT2D eigenvalue weighted by atomic mass is 19.4. The molecule has 0 aliphatic rings. The number of benzene rings is 2. The summed E-state index contributed by atoms with van der Waals surface area (Å²) in [5.41, 5.74) is 9.19. The van der Waals surface area contributed by atoms with Crippen LogP contribution in [0, 0.1) is 6.92 Å². The van der Waals surface area contributed by atoms with Crippen LogP contribution >= 0.6 is 0 Å². The number of hydrogen-bond donors (Lipinski definition) is 1. The number of aromatic nitrogens is 1. The Kier molecular flexibility index (Phi) is 8.14. The first kappa shape index (κ1) is 26.2. The zero-order valence-electron chi connectivity index (χ0n) is 20.5. The van der Waals surface area contributed by atoms with E-state index in [1.54, 1.807) is 14.2 Å². The number of carbonyl (C=O) groups is 1. The lowest BCUT2D eigenvalue weighted by Crippen LogP contribution is -2.14. The second-order valence-electron chi connectivity index (χ2n) is 8.42. The molecule has 2 aromatic carbocycles. The summed E-state index contributed by atoms with van der Waals surface area (Å²) in [6.45, 7) is 4.47. The second kappa shape index (κ2) is 10.9. The van der Waals surface area contributed by atoms with Crippen LogP contribution in [0.25, 0.3) is 11.1 Å². The SMILES string of the molecule is CCCCc1c(-c2ccc(C(F)(F)F)cc2)c(C(N)=O)c(C)n1CCc1ccc(OC)c(OC)c1. The zero-order chi connectivity index (χ0) is 25.8. The summed E-state index contributed by atoms with van der Waals surface area (Å²) >= 11 is 0. The fourth-order valence-electron chi connectivity index (χ4n) is 4.42. The molecule has 0 saturated heterocycles. The Balaban J connectivity index is 2.07. The lowest BCUT2D eigenvalue weighted by atomic mass is 9.96. The van der Waals surface area contributed by atoms with Crippen molar-refractivity contribution in [1.82, 2.24) is 4.57 Å². The van der Waals surface area contributed by atoms with E-state index in [0.29, 0.717) is 53.3 Å². The van der Waals surface area contributed by atoms with Gasteiger partial charge in [0, 0.05) is 23.5 Å². The van der Waals surface area contributed by atoms with Crippen LogP contribution < -0.4 is 15.2 Å². The molecule has 0 bridgehead atoms. The van der Waals surface area contributed by atoms with Crippen LogP contribution in [0.1, 0.15) is 52.6 Å². The van der Waals surface area contributed by atoms with Crippen molar-refractivity contribution in [2.45, 2.75) is 52.3 Å². The van der Waals surface area contributed by atoms with Crippen LogP contribution in [-0.4, -0.2) is 24.7 Å². The van der Waals surface area contributed by atoms with E-state index in [2.05, 4.69) is 11.5 Å². The number of aryl methyl sites for hydroxylation is 1. The molecule has 3 aromatic rings. The summed E-state index contributed by atoms with van der Waals surface area (Å²) < 4.78 is 52.1. The number of nitrogens with zero attached hydrogens (tertiary/aromatic N) is 1. The standard InChI is InChI=1S/C27H31F3N2O3/c1-5-6-7-21-25(19-9-11-20(12-10-19)27(28,29)30)24(26(31)33)17(2)32(21)15-14-18-8-13-22(34-3)23(16-18)35-4/h8-13,16H,5-7,14-15H2,1-4H3,(H2,31,33). The number of rotatable bonds is 10. The highest BCUT2D eigenvalue weighted by molar-refractivity contribution is 6.02. The molecule has 3 rings (SSSR count). The maximum atomic E-state index is 13.1. The highest BCUT2D eigenvalue weighted by Crippen LogP contribution is 2.37. The number of unbranched alkanes of at least 4 members (excludes halogenated alkanes) is 1. The van der Waals surface area contributed by atoms with E-state index >= 15 is 0 Å². The molecule has 0 radical (unpaired) electrons. The number of methoxy groups -OCH3 is 2. The van der Waals surface area contributed by atoms with E-state index in [1.165, 1.54) is 12.1 Å². The normalized spacial score (nSPS) is 11.5. The van der Waals surface area contributed by atoms with Crippen LogP contribution in [0.15, 0.2) is 42.5 Å². The second-order valence-corrected chi connectivity index (χ2v) is 8.42. The van der Waals surface area contributed by atoms with Crippen molar-refractivity contribution in [1.29, 1.82) is 0 Å². The van der Waals surface area contributed by atoms with E-state index in [4.69, 9.17) is 15.2 Å². The van der Waals surface area contributed by atoms with Gasteiger partial charge in [0.25, 0.3) is 5.91 Å². The first-order valence-electron chi connectivity index (χ1n) is 11.5. The van der Waals surface area contributed by atoms with E-state index in [0.717, 1.165) is 36.2 Å². The van der Waals surface area contributed by atoms with Gasteiger partial charge in [0.2, 0.25) is 0 Å². The first-order chi connectivity index (χ1) is 16.6. The highest BCUT2D eigenvalue weighted by Gasteiger charge is 2.31. The Morgan fingerprint density at radius 1 is 1.00 bits per heavy atom. The van der Waals surface area contributed by atoms with Crippen molar-refractivity contribution in [3.63, 3.8) is 0 Å². The molecular formula is C27H31F3N2O3. The number of nitrogens with two attached hydrogens (primary N) is 1. The molecule has 1 aromatic heterocycles. The van der Waals surface area contributed by atoms with Gasteiger partial charge in [-0.2, -0.15) is 13.2 Å². The number of halogens is 3. The minimum Gasteiger partial charge on any atom is -0.493 e. The topological polar surface area (TPSA) is 66.5 Å². The summed E-state index contributed by atoms with van der Waals surface area (Å²) in [4.78, 5) is 12.5. The zero-order valence-corrected chi connectivity index (χ0v) is 20.5. The van der Waals surface area contributed by atoms with Crippen LogP contribution in [0.2, 0.25) is 0 Å². The molecule has 8 heteroatoms. The van der Waals surface area contributed by atoms with Crippen molar-refractivity contribution >= 4 is 5.91 Å². The van der Waals surface area contributed by atoms with E-state index in [-0.39, 0.29) is 0 Å². The minimum atomic E-state index is -4.43. The molecule has 35 heavy (non-hydrogen) atoms. The number of carbonyl (C=O) groups excluding carboxylic acids is 1. The third-order valence-electron chi connectivity index (χ3n) is 6.22. The Bertz CT molecular complexity index is 1180. The molecule has 0 saturated carbocycles. The molecule has 1 heterocycles. The van der Waals surface area contributed by atoms with Crippen molar-refractivity contribution < 1.29 is 27.4 Å². The molecule has 5 nitrogen and oxygen atoms in total. The van der Waals surface area contributed by atoms with Crippen LogP contribution in [-0.2, 0) is 25.6 Å². The number of amides is 1. The molecular weight excluding hydrogens is 457 g/mol. The van der Waals surface area contributed by atoms with E-state index in [9.17, 15) is 18.0 Å². The molecule has 2 N–H and O–H groups in total. The van der Waals surface area contributed by atoms with Crippen LogP contribution in [0.3, 0.4) is 0 Å². The maximum Gasteiger partial charge on any atom is 0.416 e. The molecule has 1 amide bonds. The maximum absolute atomic E-state index is 13.1. The van der Waals surface area contributed by atoms with Crippen molar-refractivity contribution in [3.8, 4) is 22.6 Å². The lowest BCUT2D eigenvalue weighted by Gasteiger charge is -2.15. The summed E-state index contributed by atoms with van der Waals surface area (Å²) in [6, 6.07) is 10.6. The Labute approximate surface area is 203 Å². The van der Waals surface area contributed by atoms with Crippen molar-refractivity contribution in [2.75, 3.05) is 14.2 Å². The van der Waals surface area contributed by atoms with Crippen LogP contribution in [0.4, 0.5) is 13.2 Å². The fourth-order valence-corrected chi connectivity index (χ4v) is 4.42. The molecule has 0 fully saturated rings. The van der Waals surface area contributed by atoms with Crippen LogP contribution in [0.5, 0.6) is 11.5 Å². The first-order valence-corrected chi connectivity index (χ1v) is 11.5. The summed E-state index contributed by atoms with van der Waals surface area (Å²) in [6.07, 6.45) is -1.31. The third-order valence-corrected chi connectivity index (χ3v) is 6.22. The average Bonchev–Trinajstić information content (AvgIpc) is 3.11. The van der Waals surface area contributed by atoms with Gasteiger partial charge in [0.15, 0.2) is 11.5 Å². The largest absolute Gasteiger partial charge is 0.493 e. The van der Waals surface area contributed by atoms with Gasteiger partial charge in [-0.1, -0.05) is 31.5 Å². The Morgan fingerprint density at radius 2 is 1.66 bits per heavy atom. The van der Waals surface area contributed by atoms with Gasteiger partial charge in [-0.05, 0) is 61.6 Å².